The molecule has 0 bridgehead atoms. The molecule has 6 rings (SSSR count). The maximum absolute atomic E-state index is 11.5. The molecular weight excluding hydrogens is 484 g/mol. The van der Waals surface area contributed by atoms with E-state index in [-0.39, 0.29) is 17.8 Å². The number of amides is 1. The van der Waals surface area contributed by atoms with E-state index in [9.17, 15) is 14.4 Å². The Morgan fingerprint density at radius 1 is 0.771 bits per heavy atom. The average Bonchev–Trinajstić information content (AvgIpc) is 3.48. The smallest absolute Gasteiger partial charge is 0.348 e. The largest absolute Gasteiger partial charge is 0.465 e. The summed E-state index contributed by atoms with van der Waals surface area (Å²) in [4.78, 5) is 35.5. The third-order valence-electron chi connectivity index (χ3n) is 6.09. The molecule has 2 aliphatic heterocycles. The van der Waals surface area contributed by atoms with Crippen LogP contribution >= 0.6 is 22.7 Å². The molecule has 0 spiro atoms. The molecule has 0 atom stereocenters. The van der Waals surface area contributed by atoms with Gasteiger partial charge in [-0.15, -0.1) is 22.7 Å². The molecule has 180 valence electrons. The minimum Gasteiger partial charge on any atom is -0.465 e. The van der Waals surface area contributed by atoms with Crippen molar-refractivity contribution in [1.82, 2.24) is 0 Å². The number of benzene rings is 2. The fourth-order valence-electron chi connectivity index (χ4n) is 4.32. The highest BCUT2D eigenvalue weighted by Gasteiger charge is 2.18. The van der Waals surface area contributed by atoms with Gasteiger partial charge in [0.2, 0.25) is 5.91 Å². The quantitative estimate of drug-likeness (QED) is 0.342. The van der Waals surface area contributed by atoms with Gasteiger partial charge in [0.15, 0.2) is 0 Å². The maximum atomic E-state index is 11.5. The van der Waals surface area contributed by atoms with E-state index in [2.05, 4.69) is 22.8 Å². The van der Waals surface area contributed by atoms with Crippen molar-refractivity contribution < 1.29 is 23.9 Å². The summed E-state index contributed by atoms with van der Waals surface area (Å²) < 4.78 is 11.7. The van der Waals surface area contributed by atoms with Crippen LogP contribution in [0, 0.1) is 0 Å². The van der Waals surface area contributed by atoms with Crippen LogP contribution in [-0.2, 0) is 27.1 Å². The van der Waals surface area contributed by atoms with Gasteiger partial charge in [-0.1, -0.05) is 0 Å². The van der Waals surface area contributed by atoms with Crippen molar-refractivity contribution in [2.45, 2.75) is 25.7 Å². The predicted molar refractivity (Wildman–Crippen MR) is 140 cm³/mol. The molecule has 0 radical (unpaired) electrons. The molecule has 2 aliphatic rings. The van der Waals surface area contributed by atoms with Crippen LogP contribution in [0.5, 0.6) is 0 Å². The SMILES string of the molecule is COC(=O)c1cc2cc3c(cc2s1)CCC(=O)N3.COC(=O)c1cc2cc3c(cc2s1)CCCN3. The number of fused-ring (bicyclic) bond motifs is 4. The lowest BCUT2D eigenvalue weighted by atomic mass is 10.0. The number of thiophene rings is 2. The summed E-state index contributed by atoms with van der Waals surface area (Å²) in [5.41, 5.74) is 4.54. The van der Waals surface area contributed by atoms with Crippen molar-refractivity contribution in [3.05, 3.63) is 57.3 Å². The topological polar surface area (TPSA) is 93.7 Å². The molecule has 4 aromatic rings. The van der Waals surface area contributed by atoms with Crippen LogP contribution in [-0.4, -0.2) is 38.6 Å². The zero-order valence-corrected chi connectivity index (χ0v) is 21.0. The van der Waals surface area contributed by atoms with E-state index in [0.29, 0.717) is 16.2 Å². The first-order chi connectivity index (χ1) is 16.9. The van der Waals surface area contributed by atoms with Gasteiger partial charge >= 0.3 is 11.9 Å². The first-order valence-corrected chi connectivity index (χ1v) is 12.9. The van der Waals surface area contributed by atoms with Crippen molar-refractivity contribution in [3.63, 3.8) is 0 Å². The minimum absolute atomic E-state index is 0.0465. The van der Waals surface area contributed by atoms with Crippen molar-refractivity contribution in [2.24, 2.45) is 0 Å². The normalized spacial score (nSPS) is 14.2. The zero-order valence-electron chi connectivity index (χ0n) is 19.4. The monoisotopic (exact) mass is 508 g/mol. The van der Waals surface area contributed by atoms with E-state index in [1.165, 1.54) is 54.6 Å². The Bertz CT molecular complexity index is 1430. The lowest BCUT2D eigenvalue weighted by Crippen LogP contribution is -2.18. The van der Waals surface area contributed by atoms with Crippen LogP contribution in [0.25, 0.3) is 20.2 Å². The minimum atomic E-state index is -0.321. The van der Waals surface area contributed by atoms with Crippen molar-refractivity contribution in [2.75, 3.05) is 31.4 Å². The molecule has 35 heavy (non-hydrogen) atoms. The molecule has 0 saturated carbocycles. The number of nitrogens with one attached hydrogen (secondary N) is 2. The summed E-state index contributed by atoms with van der Waals surface area (Å²) in [6.45, 7) is 1.03. The van der Waals surface area contributed by atoms with Crippen molar-refractivity contribution >= 4 is 72.1 Å². The second kappa shape index (κ2) is 9.67. The number of anilines is 2. The van der Waals surface area contributed by atoms with Gasteiger partial charge < -0.3 is 20.1 Å². The summed E-state index contributed by atoms with van der Waals surface area (Å²) in [5.74, 6) is -0.527. The van der Waals surface area contributed by atoms with E-state index >= 15 is 0 Å². The second-order valence-corrected chi connectivity index (χ2v) is 10.5. The van der Waals surface area contributed by atoms with Crippen molar-refractivity contribution in [3.8, 4) is 0 Å². The molecule has 0 fully saturated rings. The van der Waals surface area contributed by atoms with E-state index in [4.69, 9.17) is 9.47 Å². The number of carbonyl (C=O) groups is 3. The van der Waals surface area contributed by atoms with E-state index < -0.39 is 0 Å². The molecule has 2 aromatic heterocycles. The number of aryl methyl sites for hydroxylation is 2. The molecule has 2 aromatic carbocycles. The molecule has 0 aliphatic carbocycles. The number of esters is 2. The molecule has 1 amide bonds. The van der Waals surface area contributed by atoms with E-state index in [1.807, 2.05) is 18.2 Å². The Morgan fingerprint density at radius 3 is 1.94 bits per heavy atom. The van der Waals surface area contributed by atoms with Crippen LogP contribution in [0.2, 0.25) is 0 Å². The van der Waals surface area contributed by atoms with Gasteiger partial charge in [0.05, 0.1) is 14.2 Å². The van der Waals surface area contributed by atoms with Crippen LogP contribution in [0.4, 0.5) is 11.4 Å². The number of ether oxygens (including phenoxy) is 2. The first-order valence-electron chi connectivity index (χ1n) is 11.3. The van der Waals surface area contributed by atoms with Gasteiger partial charge in [-0.2, -0.15) is 0 Å². The third-order valence-corrected chi connectivity index (χ3v) is 8.25. The molecular formula is C26H24N2O5S2. The maximum Gasteiger partial charge on any atom is 0.348 e. The number of methoxy groups -OCH3 is 2. The van der Waals surface area contributed by atoms with Crippen molar-refractivity contribution in [1.29, 1.82) is 0 Å². The second-order valence-electron chi connectivity index (χ2n) is 8.38. The number of hydrogen-bond acceptors (Lipinski definition) is 8. The molecule has 2 N–H and O–H groups in total. The predicted octanol–water partition coefficient (Wildman–Crippen LogP) is 5.62. The van der Waals surface area contributed by atoms with Gasteiger partial charge in [-0.05, 0) is 77.6 Å². The molecule has 0 unspecified atom stereocenters. The lowest BCUT2D eigenvalue weighted by molar-refractivity contribution is -0.116. The summed E-state index contributed by atoms with van der Waals surface area (Å²) in [6.07, 6.45) is 3.56. The number of rotatable bonds is 2. The molecule has 9 heteroatoms. The highest BCUT2D eigenvalue weighted by Crippen LogP contribution is 2.34. The molecule has 7 nitrogen and oxygen atoms in total. The third kappa shape index (κ3) is 4.74. The summed E-state index contributed by atoms with van der Waals surface area (Å²) in [5, 5.41) is 8.32. The zero-order chi connectivity index (χ0) is 24.5. The van der Waals surface area contributed by atoms with E-state index in [0.717, 1.165) is 50.8 Å². The Kier molecular flexibility index (Phi) is 6.44. The first kappa shape index (κ1) is 23.3. The van der Waals surface area contributed by atoms with Gasteiger partial charge in [-0.3, -0.25) is 4.79 Å². The number of hydrogen-bond donors (Lipinski definition) is 2. The van der Waals surface area contributed by atoms with Crippen LogP contribution in [0.1, 0.15) is 43.3 Å². The number of carbonyl (C=O) groups excluding carboxylic acids is 3. The summed E-state index contributed by atoms with van der Waals surface area (Å²) in [6, 6.07) is 12.0. The Labute approximate surface area is 210 Å². The standard InChI is InChI=1S/C13H11NO3S.C13H13NO2S/c1-17-13(16)11-6-8-4-9-7(5-10(8)18-11)2-3-12(15)14-9;1-16-13(15)12-7-9-5-10-8(3-2-4-14-10)6-11(9)17-12/h4-6H,2-3H2,1H3,(H,14,15);5-7,14H,2-4H2,1H3. The Hall–Kier alpha value is -3.43. The highest BCUT2D eigenvalue weighted by atomic mass is 32.1. The Morgan fingerprint density at radius 2 is 1.34 bits per heavy atom. The molecule has 0 saturated heterocycles. The van der Waals surface area contributed by atoms with Gasteiger partial charge in [-0.25, -0.2) is 9.59 Å². The van der Waals surface area contributed by atoms with Gasteiger partial charge in [0.25, 0.3) is 0 Å². The highest BCUT2D eigenvalue weighted by molar-refractivity contribution is 7.21. The van der Waals surface area contributed by atoms with Gasteiger partial charge in [0, 0.05) is 33.7 Å². The summed E-state index contributed by atoms with van der Waals surface area (Å²) in [7, 11) is 2.79. The fraction of sp³-hybridized carbons (Fsp3) is 0.269. The van der Waals surface area contributed by atoms with Crippen LogP contribution < -0.4 is 10.6 Å². The van der Waals surface area contributed by atoms with Crippen LogP contribution in [0.15, 0.2) is 36.4 Å². The lowest BCUT2D eigenvalue weighted by Gasteiger charge is -2.17. The average molecular weight is 509 g/mol. The molecule has 4 heterocycles. The van der Waals surface area contributed by atoms with E-state index in [1.54, 1.807) is 6.07 Å². The fourth-order valence-corrected chi connectivity index (χ4v) is 6.37. The van der Waals surface area contributed by atoms with Gasteiger partial charge in [0.1, 0.15) is 9.75 Å². The van der Waals surface area contributed by atoms with Crippen LogP contribution in [0.3, 0.4) is 0 Å². The summed E-state index contributed by atoms with van der Waals surface area (Å²) >= 11 is 2.92. The Balaban J connectivity index is 0.000000145.